The van der Waals surface area contributed by atoms with E-state index in [1.54, 1.807) is 31.5 Å². The Kier molecular flexibility index (Phi) is 5.40. The van der Waals surface area contributed by atoms with Crippen molar-refractivity contribution < 1.29 is 4.79 Å². The smallest absolute Gasteiger partial charge is 0.297 e. The van der Waals surface area contributed by atoms with E-state index in [-0.39, 0.29) is 11.5 Å². The molecule has 100 valence electrons. The van der Waals surface area contributed by atoms with Gasteiger partial charge < -0.3 is 11.5 Å². The predicted octanol–water partition coefficient (Wildman–Crippen LogP) is 0.637. The van der Waals surface area contributed by atoms with E-state index in [2.05, 4.69) is 15.0 Å². The van der Waals surface area contributed by atoms with Crippen LogP contribution in [0.4, 0.5) is 0 Å². The Morgan fingerprint density at radius 2 is 2.00 bits per heavy atom. The van der Waals surface area contributed by atoms with E-state index >= 15 is 0 Å². The molecule has 0 saturated carbocycles. The van der Waals surface area contributed by atoms with E-state index in [0.29, 0.717) is 17.8 Å². The minimum absolute atomic E-state index is 0.124. The van der Waals surface area contributed by atoms with Crippen LogP contribution in [0.3, 0.4) is 0 Å². The number of hydrogen-bond donors (Lipinski definition) is 2. The molecular weight excluding hydrogens is 242 g/mol. The van der Waals surface area contributed by atoms with Gasteiger partial charge in [0.25, 0.3) is 5.91 Å². The first-order valence-electron chi connectivity index (χ1n) is 5.81. The Hall–Kier alpha value is -2.50. The molecule has 4 N–H and O–H groups in total. The number of carbonyl (C=O) groups is 1. The summed E-state index contributed by atoms with van der Waals surface area (Å²) in [4.78, 5) is 23.7. The van der Waals surface area contributed by atoms with Crippen molar-refractivity contribution in [1.29, 1.82) is 0 Å². The molecule has 0 fully saturated rings. The highest BCUT2D eigenvalue weighted by molar-refractivity contribution is 6.45. The number of amidine groups is 1. The Balaban J connectivity index is 3.00. The van der Waals surface area contributed by atoms with Crippen molar-refractivity contribution in [3.63, 3.8) is 0 Å². The summed E-state index contributed by atoms with van der Waals surface area (Å²) in [7, 11) is 0. The topological polar surface area (TPSA) is 107 Å². The number of hydrogen-bond acceptors (Lipinski definition) is 4. The standard InChI is InChI=1S/C13H17N5O/c1-3-17-11(8-9(2)14)13(19)18-12(15)10-4-6-16-7-5-10/h4-8H,3,14H2,1-2H3,(H2,15,18,19). The summed E-state index contributed by atoms with van der Waals surface area (Å²) in [5.74, 6) is -0.389. The van der Waals surface area contributed by atoms with Crippen LogP contribution in [-0.2, 0) is 4.79 Å². The molecule has 0 spiro atoms. The van der Waals surface area contributed by atoms with Crippen molar-refractivity contribution in [2.75, 3.05) is 6.54 Å². The molecular formula is C13H17N5O. The van der Waals surface area contributed by atoms with Gasteiger partial charge in [-0.05, 0) is 32.1 Å². The second-order valence-electron chi connectivity index (χ2n) is 3.79. The highest BCUT2D eigenvalue weighted by Crippen LogP contribution is 1.98. The van der Waals surface area contributed by atoms with Crippen LogP contribution in [0, 0.1) is 0 Å². The minimum atomic E-state index is -0.513. The first-order valence-corrected chi connectivity index (χ1v) is 5.81. The molecule has 1 heterocycles. The third kappa shape index (κ3) is 4.71. The molecule has 0 unspecified atom stereocenters. The van der Waals surface area contributed by atoms with E-state index in [0.717, 1.165) is 0 Å². The van der Waals surface area contributed by atoms with Gasteiger partial charge in [-0.25, -0.2) is 0 Å². The van der Waals surface area contributed by atoms with Gasteiger partial charge >= 0.3 is 0 Å². The van der Waals surface area contributed by atoms with Crippen LogP contribution in [0.1, 0.15) is 19.4 Å². The fraction of sp³-hybridized carbons (Fsp3) is 0.231. The van der Waals surface area contributed by atoms with Crippen LogP contribution in [0.5, 0.6) is 0 Å². The van der Waals surface area contributed by atoms with Gasteiger partial charge in [0.1, 0.15) is 11.5 Å². The highest BCUT2D eigenvalue weighted by atomic mass is 16.1. The third-order valence-corrected chi connectivity index (χ3v) is 2.11. The number of aliphatic imine (C=N–C) groups is 2. The molecule has 6 heteroatoms. The lowest BCUT2D eigenvalue weighted by atomic mass is 10.2. The highest BCUT2D eigenvalue weighted by Gasteiger charge is 2.09. The van der Waals surface area contributed by atoms with Crippen LogP contribution in [0.15, 0.2) is 46.3 Å². The lowest BCUT2D eigenvalue weighted by molar-refractivity contribution is -0.111. The largest absolute Gasteiger partial charge is 0.402 e. The number of nitrogens with zero attached hydrogens (tertiary/aromatic N) is 3. The Morgan fingerprint density at radius 1 is 1.37 bits per heavy atom. The number of pyridine rings is 1. The second kappa shape index (κ2) is 7.05. The van der Waals surface area contributed by atoms with Gasteiger partial charge in [-0.3, -0.25) is 14.8 Å². The SMILES string of the molecule is CCN=C(C=C(C)N)C(=O)N=C(N)c1ccncc1. The molecule has 0 aliphatic carbocycles. The van der Waals surface area contributed by atoms with Crippen LogP contribution in [0.2, 0.25) is 0 Å². The van der Waals surface area contributed by atoms with Crippen LogP contribution in [-0.4, -0.2) is 29.0 Å². The van der Waals surface area contributed by atoms with Crippen LogP contribution >= 0.6 is 0 Å². The second-order valence-corrected chi connectivity index (χ2v) is 3.79. The molecule has 0 aromatic carbocycles. The van der Waals surface area contributed by atoms with Crippen molar-refractivity contribution in [3.8, 4) is 0 Å². The molecule has 0 aliphatic rings. The molecule has 0 saturated heterocycles. The first-order chi connectivity index (χ1) is 9.04. The van der Waals surface area contributed by atoms with E-state index in [1.807, 2.05) is 6.92 Å². The fourth-order valence-electron chi connectivity index (χ4n) is 1.31. The van der Waals surface area contributed by atoms with E-state index in [9.17, 15) is 4.79 Å². The number of rotatable bonds is 4. The first kappa shape index (κ1) is 14.6. The number of nitrogens with two attached hydrogens (primary N) is 2. The van der Waals surface area contributed by atoms with Gasteiger partial charge in [-0.1, -0.05) is 0 Å². The van der Waals surface area contributed by atoms with Gasteiger partial charge in [0.15, 0.2) is 0 Å². The Labute approximate surface area is 112 Å². The molecule has 19 heavy (non-hydrogen) atoms. The number of amides is 1. The average Bonchev–Trinajstić information content (AvgIpc) is 2.38. The quantitative estimate of drug-likeness (QED) is 0.611. The summed E-state index contributed by atoms with van der Waals surface area (Å²) in [6.07, 6.45) is 4.63. The maximum Gasteiger partial charge on any atom is 0.297 e. The van der Waals surface area contributed by atoms with Gasteiger partial charge in [0.2, 0.25) is 0 Å². The molecule has 6 nitrogen and oxygen atoms in total. The summed E-state index contributed by atoms with van der Waals surface area (Å²) in [6, 6.07) is 3.35. The Bertz CT molecular complexity index is 527. The zero-order chi connectivity index (χ0) is 14.3. The number of allylic oxidation sites excluding steroid dienone is 1. The normalized spacial score (nSPS) is 13.5. The monoisotopic (exact) mass is 259 g/mol. The molecule has 0 radical (unpaired) electrons. The number of aromatic nitrogens is 1. The number of carbonyl (C=O) groups excluding carboxylic acids is 1. The maximum absolute atomic E-state index is 11.9. The van der Waals surface area contributed by atoms with Crippen molar-refractivity contribution in [3.05, 3.63) is 41.9 Å². The zero-order valence-corrected chi connectivity index (χ0v) is 11.0. The molecule has 1 rings (SSSR count). The van der Waals surface area contributed by atoms with Crippen molar-refractivity contribution >= 4 is 17.5 Å². The van der Waals surface area contributed by atoms with Gasteiger partial charge in [-0.15, -0.1) is 0 Å². The van der Waals surface area contributed by atoms with E-state index in [1.165, 1.54) is 6.08 Å². The van der Waals surface area contributed by atoms with Gasteiger partial charge in [0, 0.05) is 30.2 Å². The summed E-state index contributed by atoms with van der Waals surface area (Å²) in [5.41, 5.74) is 12.6. The van der Waals surface area contributed by atoms with Gasteiger partial charge in [-0.2, -0.15) is 4.99 Å². The molecule has 1 aromatic heterocycles. The molecule has 0 aliphatic heterocycles. The summed E-state index contributed by atoms with van der Waals surface area (Å²) in [6.45, 7) is 3.97. The molecule has 0 bridgehead atoms. The Morgan fingerprint density at radius 3 is 2.53 bits per heavy atom. The lowest BCUT2D eigenvalue weighted by Gasteiger charge is -2.01. The lowest BCUT2D eigenvalue weighted by Crippen LogP contribution is -2.20. The van der Waals surface area contributed by atoms with Crippen molar-refractivity contribution in [2.24, 2.45) is 21.5 Å². The minimum Gasteiger partial charge on any atom is -0.402 e. The summed E-state index contributed by atoms with van der Waals surface area (Å²) >= 11 is 0. The zero-order valence-electron chi connectivity index (χ0n) is 11.0. The predicted molar refractivity (Wildman–Crippen MR) is 75.9 cm³/mol. The summed E-state index contributed by atoms with van der Waals surface area (Å²) < 4.78 is 0. The van der Waals surface area contributed by atoms with Crippen LogP contribution in [0.25, 0.3) is 0 Å². The summed E-state index contributed by atoms with van der Waals surface area (Å²) in [5, 5.41) is 0. The molecule has 0 atom stereocenters. The van der Waals surface area contributed by atoms with Gasteiger partial charge in [0.05, 0.1) is 0 Å². The fourth-order valence-corrected chi connectivity index (χ4v) is 1.31. The van der Waals surface area contributed by atoms with E-state index < -0.39 is 5.91 Å². The molecule has 1 amide bonds. The van der Waals surface area contributed by atoms with Crippen LogP contribution < -0.4 is 11.5 Å². The van der Waals surface area contributed by atoms with E-state index in [4.69, 9.17) is 11.5 Å². The maximum atomic E-state index is 11.9. The molecule has 1 aromatic rings. The van der Waals surface area contributed by atoms with Crippen molar-refractivity contribution in [1.82, 2.24) is 4.98 Å². The van der Waals surface area contributed by atoms with Crippen molar-refractivity contribution in [2.45, 2.75) is 13.8 Å². The average molecular weight is 259 g/mol. The third-order valence-electron chi connectivity index (χ3n) is 2.11.